The molecule has 1 aliphatic rings. The van der Waals surface area contributed by atoms with Crippen LogP contribution < -0.4 is 4.74 Å². The van der Waals surface area contributed by atoms with Crippen LogP contribution in [0.3, 0.4) is 0 Å². The monoisotopic (exact) mass is 348 g/mol. The predicted molar refractivity (Wildman–Crippen MR) is 84.7 cm³/mol. The summed E-state index contributed by atoms with van der Waals surface area (Å²) in [5.41, 5.74) is 3.44. The van der Waals surface area contributed by atoms with Gasteiger partial charge in [0.15, 0.2) is 0 Å². The predicted octanol–water partition coefficient (Wildman–Crippen LogP) is 4.33. The first-order valence-electron chi connectivity index (χ1n) is 6.90. The second kappa shape index (κ2) is 5.35. The summed E-state index contributed by atoms with van der Waals surface area (Å²) < 4.78 is 6.96. The van der Waals surface area contributed by atoms with Crippen molar-refractivity contribution < 1.29 is 14.9 Å². The topological polar surface area (TPSA) is 49.7 Å². The first-order valence-corrected chi connectivity index (χ1v) is 7.69. The van der Waals surface area contributed by atoms with E-state index in [1.54, 1.807) is 0 Å². The van der Waals surface area contributed by atoms with E-state index in [1.807, 2.05) is 44.2 Å². The summed E-state index contributed by atoms with van der Waals surface area (Å²) >= 11 is 3.41. The molecule has 0 amide bonds. The van der Waals surface area contributed by atoms with Crippen LogP contribution in [-0.2, 0) is 0 Å². The average molecular weight is 349 g/mol. The number of aliphatic hydroxyl groups excluding tert-OH is 1. The van der Waals surface area contributed by atoms with Crippen molar-refractivity contribution in [3.05, 3.63) is 57.1 Å². The molecule has 0 bridgehead atoms. The number of fused-ring (bicyclic) bond motifs is 1. The molecule has 3 nitrogen and oxygen atoms in total. The van der Waals surface area contributed by atoms with Gasteiger partial charge in [-0.15, -0.1) is 0 Å². The molecule has 4 heteroatoms. The third kappa shape index (κ3) is 2.65. The zero-order chi connectivity index (χ0) is 15.1. The second-order valence-electron chi connectivity index (χ2n) is 5.54. The van der Waals surface area contributed by atoms with E-state index in [0.29, 0.717) is 17.9 Å². The van der Waals surface area contributed by atoms with E-state index in [1.165, 1.54) is 0 Å². The van der Waals surface area contributed by atoms with Crippen LogP contribution in [0.5, 0.6) is 11.5 Å². The van der Waals surface area contributed by atoms with Crippen molar-refractivity contribution in [2.45, 2.75) is 32.5 Å². The number of hydrogen-bond acceptors (Lipinski definition) is 3. The average Bonchev–Trinajstić information content (AvgIpc) is 2.44. The van der Waals surface area contributed by atoms with Gasteiger partial charge in [-0.3, -0.25) is 0 Å². The van der Waals surface area contributed by atoms with Gasteiger partial charge in [-0.1, -0.05) is 15.9 Å². The molecule has 0 aromatic heterocycles. The number of aliphatic hydroxyl groups is 1. The summed E-state index contributed by atoms with van der Waals surface area (Å²) in [4.78, 5) is 0. The standard InChI is InChI=1S/C17H17BrO3/c1-9-5-11(6-10(2)17(9)20)16-8-14(19)13-7-12(18)3-4-15(13)21-16/h3-7,14,16,19-20H,8H2,1-2H3/t14-,16?/m0/s1. The minimum atomic E-state index is -0.550. The Hall–Kier alpha value is -1.52. The van der Waals surface area contributed by atoms with E-state index in [0.717, 1.165) is 26.7 Å². The van der Waals surface area contributed by atoms with Crippen LogP contribution in [0.2, 0.25) is 0 Å². The van der Waals surface area contributed by atoms with E-state index >= 15 is 0 Å². The maximum absolute atomic E-state index is 10.4. The molecule has 3 rings (SSSR count). The fourth-order valence-corrected chi connectivity index (χ4v) is 3.18. The molecule has 0 aliphatic carbocycles. The lowest BCUT2D eigenvalue weighted by molar-refractivity contribution is 0.0656. The normalized spacial score (nSPS) is 20.8. The van der Waals surface area contributed by atoms with Crippen molar-refractivity contribution in [2.24, 2.45) is 0 Å². The summed E-state index contributed by atoms with van der Waals surface area (Å²) in [6, 6.07) is 9.51. The lowest BCUT2D eigenvalue weighted by Crippen LogP contribution is -2.19. The summed E-state index contributed by atoms with van der Waals surface area (Å²) in [6.07, 6.45) is -0.245. The highest BCUT2D eigenvalue weighted by Crippen LogP contribution is 2.42. The van der Waals surface area contributed by atoms with Crippen molar-refractivity contribution in [2.75, 3.05) is 0 Å². The Morgan fingerprint density at radius 1 is 1.14 bits per heavy atom. The first-order chi connectivity index (χ1) is 9.95. The largest absolute Gasteiger partial charge is 0.507 e. The lowest BCUT2D eigenvalue weighted by Gasteiger charge is -2.30. The van der Waals surface area contributed by atoms with Gasteiger partial charge >= 0.3 is 0 Å². The molecule has 1 unspecified atom stereocenters. The summed E-state index contributed by atoms with van der Waals surface area (Å²) in [7, 11) is 0. The number of phenolic OH excluding ortho intramolecular Hbond substituents is 1. The number of ether oxygens (including phenoxy) is 1. The Kier molecular flexibility index (Phi) is 3.68. The minimum absolute atomic E-state index is 0.202. The van der Waals surface area contributed by atoms with Gasteiger partial charge in [0.2, 0.25) is 0 Å². The van der Waals surface area contributed by atoms with Gasteiger partial charge < -0.3 is 14.9 Å². The maximum atomic E-state index is 10.4. The molecule has 0 radical (unpaired) electrons. The van der Waals surface area contributed by atoms with Gasteiger partial charge in [0, 0.05) is 16.5 Å². The molecule has 1 heterocycles. The summed E-state index contributed by atoms with van der Waals surface area (Å²) in [5, 5.41) is 20.2. The van der Waals surface area contributed by atoms with Gasteiger partial charge in [0.1, 0.15) is 17.6 Å². The van der Waals surface area contributed by atoms with Gasteiger partial charge in [-0.25, -0.2) is 0 Å². The molecule has 2 aromatic rings. The number of aryl methyl sites for hydroxylation is 2. The molecular formula is C17H17BrO3. The second-order valence-corrected chi connectivity index (χ2v) is 6.46. The van der Waals surface area contributed by atoms with Crippen molar-refractivity contribution >= 4 is 15.9 Å². The molecule has 0 fully saturated rings. The zero-order valence-electron chi connectivity index (χ0n) is 11.9. The zero-order valence-corrected chi connectivity index (χ0v) is 13.5. The van der Waals surface area contributed by atoms with Crippen LogP contribution in [0.1, 0.15) is 40.9 Å². The Labute approximate surface area is 132 Å². The van der Waals surface area contributed by atoms with E-state index in [-0.39, 0.29) is 6.10 Å². The van der Waals surface area contributed by atoms with Gasteiger partial charge in [0.05, 0.1) is 6.10 Å². The molecule has 2 N–H and O–H groups in total. The highest BCUT2D eigenvalue weighted by Gasteiger charge is 2.28. The Bertz CT molecular complexity index is 673. The number of aromatic hydroxyl groups is 1. The molecule has 2 aromatic carbocycles. The quantitative estimate of drug-likeness (QED) is 0.806. The Balaban J connectivity index is 1.98. The highest BCUT2D eigenvalue weighted by molar-refractivity contribution is 9.10. The third-order valence-electron chi connectivity index (χ3n) is 3.92. The molecule has 1 aliphatic heterocycles. The van der Waals surface area contributed by atoms with Crippen LogP contribution in [0.15, 0.2) is 34.8 Å². The van der Waals surface area contributed by atoms with Gasteiger partial charge in [0.25, 0.3) is 0 Å². The van der Waals surface area contributed by atoms with Crippen LogP contribution >= 0.6 is 15.9 Å². The number of halogens is 1. The minimum Gasteiger partial charge on any atom is -0.507 e. The first kappa shape index (κ1) is 14.4. The Morgan fingerprint density at radius 3 is 2.48 bits per heavy atom. The van der Waals surface area contributed by atoms with Crippen LogP contribution in [0, 0.1) is 13.8 Å². The van der Waals surface area contributed by atoms with Crippen molar-refractivity contribution in [1.82, 2.24) is 0 Å². The van der Waals surface area contributed by atoms with Crippen molar-refractivity contribution in [3.63, 3.8) is 0 Å². The van der Waals surface area contributed by atoms with E-state index in [2.05, 4.69) is 15.9 Å². The SMILES string of the molecule is Cc1cc(C2C[C@H](O)c3cc(Br)ccc3O2)cc(C)c1O. The van der Waals surface area contributed by atoms with Gasteiger partial charge in [-0.2, -0.15) is 0 Å². The van der Waals surface area contributed by atoms with E-state index < -0.39 is 6.10 Å². The fraction of sp³-hybridized carbons (Fsp3) is 0.294. The number of rotatable bonds is 1. The number of phenols is 1. The lowest BCUT2D eigenvalue weighted by atomic mass is 9.93. The molecule has 2 atom stereocenters. The van der Waals surface area contributed by atoms with E-state index in [9.17, 15) is 10.2 Å². The number of hydrogen-bond donors (Lipinski definition) is 2. The van der Waals surface area contributed by atoms with Crippen molar-refractivity contribution in [3.8, 4) is 11.5 Å². The van der Waals surface area contributed by atoms with Crippen molar-refractivity contribution in [1.29, 1.82) is 0 Å². The van der Waals surface area contributed by atoms with Crippen LogP contribution in [0.25, 0.3) is 0 Å². The van der Waals surface area contributed by atoms with Gasteiger partial charge in [-0.05, 0) is 60.9 Å². The third-order valence-corrected chi connectivity index (χ3v) is 4.42. The fourth-order valence-electron chi connectivity index (χ4n) is 2.80. The summed E-state index contributed by atoms with van der Waals surface area (Å²) in [6.45, 7) is 3.74. The van der Waals surface area contributed by atoms with Crippen LogP contribution in [0.4, 0.5) is 0 Å². The highest BCUT2D eigenvalue weighted by atomic mass is 79.9. The number of benzene rings is 2. The Morgan fingerprint density at radius 2 is 1.81 bits per heavy atom. The molecule has 21 heavy (non-hydrogen) atoms. The molecule has 0 saturated heterocycles. The molecule has 0 spiro atoms. The summed E-state index contributed by atoms with van der Waals surface area (Å²) in [5.74, 6) is 1.03. The van der Waals surface area contributed by atoms with Crippen LogP contribution in [-0.4, -0.2) is 10.2 Å². The smallest absolute Gasteiger partial charge is 0.127 e. The van der Waals surface area contributed by atoms with E-state index in [4.69, 9.17) is 4.74 Å². The molecule has 110 valence electrons. The molecular weight excluding hydrogens is 332 g/mol. The maximum Gasteiger partial charge on any atom is 0.127 e. The molecule has 0 saturated carbocycles.